The second kappa shape index (κ2) is 8.81. The number of rotatable bonds is 7. The molecule has 4 aromatic rings. The average Bonchev–Trinajstić information content (AvgIpc) is 3.35. The Hall–Kier alpha value is -3.32. The molecule has 0 saturated carbocycles. The van der Waals surface area contributed by atoms with E-state index in [0.29, 0.717) is 17.3 Å². The van der Waals surface area contributed by atoms with Gasteiger partial charge in [0, 0.05) is 29.6 Å². The van der Waals surface area contributed by atoms with Gasteiger partial charge in [-0.25, -0.2) is 0 Å². The highest BCUT2D eigenvalue weighted by molar-refractivity contribution is 6.30. The van der Waals surface area contributed by atoms with Crippen LogP contribution in [0, 0.1) is 0 Å². The van der Waals surface area contributed by atoms with Crippen molar-refractivity contribution >= 4 is 28.5 Å². The zero-order chi connectivity index (χ0) is 22.0. The molecule has 0 bridgehead atoms. The molecule has 160 valence electrons. The zero-order valence-electron chi connectivity index (χ0n) is 17.6. The fraction of sp³-hybridized carbons (Fsp3) is 0.261. The monoisotopic (exact) mass is 438 g/mol. The van der Waals surface area contributed by atoms with Crippen molar-refractivity contribution in [2.45, 2.75) is 26.5 Å². The lowest BCUT2D eigenvalue weighted by molar-refractivity contribution is -0.144. The maximum atomic E-state index is 12.5. The van der Waals surface area contributed by atoms with Crippen LogP contribution in [-0.4, -0.2) is 32.6 Å². The van der Waals surface area contributed by atoms with Gasteiger partial charge in [0.15, 0.2) is 0 Å². The third-order valence-electron chi connectivity index (χ3n) is 5.14. The van der Waals surface area contributed by atoms with Gasteiger partial charge in [-0.1, -0.05) is 17.7 Å². The van der Waals surface area contributed by atoms with Gasteiger partial charge in [-0.15, -0.1) is 0 Å². The van der Waals surface area contributed by atoms with E-state index < -0.39 is 0 Å². The lowest BCUT2D eigenvalue weighted by atomic mass is 10.1. The first-order valence-corrected chi connectivity index (χ1v) is 10.3. The molecule has 31 heavy (non-hydrogen) atoms. The van der Waals surface area contributed by atoms with E-state index in [-0.39, 0.29) is 19.0 Å². The number of fused-ring (bicyclic) bond motifs is 1. The number of ether oxygens (including phenoxy) is 2. The first-order valence-electron chi connectivity index (χ1n) is 9.95. The smallest absolute Gasteiger partial charge is 0.312 e. The van der Waals surface area contributed by atoms with Gasteiger partial charge in [-0.2, -0.15) is 10.2 Å². The molecule has 2 aromatic carbocycles. The Morgan fingerprint density at radius 2 is 2.00 bits per heavy atom. The summed E-state index contributed by atoms with van der Waals surface area (Å²) < 4.78 is 14.6. The predicted octanol–water partition coefficient (Wildman–Crippen LogP) is 4.40. The lowest BCUT2D eigenvalue weighted by Crippen LogP contribution is -2.12. The fourth-order valence-corrected chi connectivity index (χ4v) is 3.71. The summed E-state index contributed by atoms with van der Waals surface area (Å²) in [7, 11) is 3.49. The van der Waals surface area contributed by atoms with Crippen LogP contribution in [0.2, 0.25) is 5.02 Å². The van der Waals surface area contributed by atoms with E-state index in [1.165, 1.54) is 0 Å². The van der Waals surface area contributed by atoms with Gasteiger partial charge in [0.05, 0.1) is 36.6 Å². The van der Waals surface area contributed by atoms with Crippen molar-refractivity contribution in [3.63, 3.8) is 0 Å². The van der Waals surface area contributed by atoms with Crippen LogP contribution >= 0.6 is 11.6 Å². The largest absolute Gasteiger partial charge is 0.496 e. The summed E-state index contributed by atoms with van der Waals surface area (Å²) in [4.78, 5) is 12.5. The number of aryl methyl sites for hydroxylation is 2. The van der Waals surface area contributed by atoms with E-state index in [4.69, 9.17) is 21.1 Å². The summed E-state index contributed by atoms with van der Waals surface area (Å²) in [6.07, 6.45) is 1.93. The summed E-state index contributed by atoms with van der Waals surface area (Å²) in [5.41, 5.74) is 4.28. The molecular formula is C23H23ClN4O3. The minimum atomic E-state index is -0.310. The summed E-state index contributed by atoms with van der Waals surface area (Å²) >= 11 is 6.06. The van der Waals surface area contributed by atoms with Gasteiger partial charge in [0.25, 0.3) is 0 Å². The van der Waals surface area contributed by atoms with Gasteiger partial charge in [0.2, 0.25) is 0 Å². The van der Waals surface area contributed by atoms with Crippen LogP contribution in [0.15, 0.2) is 48.7 Å². The number of aromatic nitrogens is 4. The SMILES string of the molecule is CCn1nc(-c2ccc(Cl)cc2OC)cc1CC(=O)OCc1ccc2c(cnn2C)c1. The molecule has 0 unspecified atom stereocenters. The van der Waals surface area contributed by atoms with Crippen molar-refractivity contribution in [2.75, 3.05) is 7.11 Å². The van der Waals surface area contributed by atoms with Crippen LogP contribution in [0.5, 0.6) is 5.75 Å². The maximum absolute atomic E-state index is 12.5. The van der Waals surface area contributed by atoms with Crippen molar-refractivity contribution < 1.29 is 14.3 Å². The molecule has 0 atom stereocenters. The quantitative estimate of drug-likeness (QED) is 0.400. The van der Waals surface area contributed by atoms with Crippen LogP contribution in [-0.2, 0) is 36.2 Å². The Bertz CT molecular complexity index is 1250. The van der Waals surface area contributed by atoms with E-state index in [2.05, 4.69) is 10.2 Å². The number of hydrogen-bond donors (Lipinski definition) is 0. The summed E-state index contributed by atoms with van der Waals surface area (Å²) in [6, 6.07) is 13.2. The fourth-order valence-electron chi connectivity index (χ4n) is 3.55. The number of halogens is 1. The standard InChI is InChI=1S/C23H23ClN4O3/c1-4-28-18(11-20(26-28)19-7-6-17(24)10-22(19)30-3)12-23(29)31-14-15-5-8-21-16(9-15)13-25-27(21)2/h5-11,13H,4,12,14H2,1-3H3. The Morgan fingerprint density at radius 3 is 2.77 bits per heavy atom. The van der Waals surface area contributed by atoms with Gasteiger partial charge in [-0.05, 0) is 48.9 Å². The van der Waals surface area contributed by atoms with Crippen molar-refractivity contribution in [3.8, 4) is 17.0 Å². The van der Waals surface area contributed by atoms with E-state index in [9.17, 15) is 4.79 Å². The van der Waals surface area contributed by atoms with Gasteiger partial charge in [0.1, 0.15) is 12.4 Å². The average molecular weight is 439 g/mol. The van der Waals surface area contributed by atoms with Crippen LogP contribution in [0.1, 0.15) is 18.2 Å². The number of esters is 1. The topological polar surface area (TPSA) is 71.2 Å². The Morgan fingerprint density at radius 1 is 1.16 bits per heavy atom. The third-order valence-corrected chi connectivity index (χ3v) is 5.37. The van der Waals surface area contributed by atoms with Crippen LogP contribution in [0.4, 0.5) is 0 Å². The first kappa shape index (κ1) is 20.9. The van der Waals surface area contributed by atoms with E-state index in [0.717, 1.165) is 33.4 Å². The summed E-state index contributed by atoms with van der Waals surface area (Å²) in [5.74, 6) is 0.323. The molecule has 0 saturated heterocycles. The minimum Gasteiger partial charge on any atom is -0.496 e. The Labute approximate surface area is 185 Å². The third kappa shape index (κ3) is 4.41. The maximum Gasteiger partial charge on any atom is 0.312 e. The van der Waals surface area contributed by atoms with Crippen LogP contribution < -0.4 is 4.74 Å². The van der Waals surface area contributed by atoms with Crippen LogP contribution in [0.25, 0.3) is 22.2 Å². The number of methoxy groups -OCH3 is 1. The molecule has 0 aliphatic carbocycles. The molecule has 8 heteroatoms. The number of carbonyl (C=O) groups excluding carboxylic acids is 1. The molecule has 0 aliphatic heterocycles. The van der Waals surface area contributed by atoms with E-state index >= 15 is 0 Å². The lowest BCUT2D eigenvalue weighted by Gasteiger charge is -2.07. The molecule has 7 nitrogen and oxygen atoms in total. The Balaban J connectivity index is 1.47. The number of benzene rings is 2. The molecule has 0 radical (unpaired) electrons. The second-order valence-electron chi connectivity index (χ2n) is 7.18. The van der Waals surface area contributed by atoms with Gasteiger partial charge >= 0.3 is 5.97 Å². The molecule has 0 aliphatic rings. The molecule has 0 fully saturated rings. The van der Waals surface area contributed by atoms with Gasteiger partial charge in [-0.3, -0.25) is 14.2 Å². The number of hydrogen-bond acceptors (Lipinski definition) is 5. The summed E-state index contributed by atoms with van der Waals surface area (Å²) in [5, 5.41) is 10.5. The predicted molar refractivity (Wildman–Crippen MR) is 119 cm³/mol. The normalized spacial score (nSPS) is 11.1. The van der Waals surface area contributed by atoms with Crippen molar-refractivity contribution in [1.29, 1.82) is 0 Å². The highest BCUT2D eigenvalue weighted by Gasteiger charge is 2.16. The minimum absolute atomic E-state index is 0.131. The highest BCUT2D eigenvalue weighted by atomic mass is 35.5. The van der Waals surface area contributed by atoms with Crippen molar-refractivity contribution in [1.82, 2.24) is 19.6 Å². The zero-order valence-corrected chi connectivity index (χ0v) is 18.4. The van der Waals surface area contributed by atoms with E-state index in [1.54, 1.807) is 30.1 Å². The van der Waals surface area contributed by atoms with Crippen LogP contribution in [0.3, 0.4) is 0 Å². The molecule has 2 heterocycles. The Kier molecular flexibility index (Phi) is 5.95. The molecular weight excluding hydrogens is 416 g/mol. The second-order valence-corrected chi connectivity index (χ2v) is 7.62. The molecule has 0 N–H and O–H groups in total. The molecule has 4 rings (SSSR count). The van der Waals surface area contributed by atoms with Crippen molar-refractivity contribution in [3.05, 3.63) is 64.9 Å². The molecule has 0 amide bonds. The molecule has 0 spiro atoms. The number of nitrogens with zero attached hydrogens (tertiary/aromatic N) is 4. The van der Waals surface area contributed by atoms with Crippen molar-refractivity contribution in [2.24, 2.45) is 7.05 Å². The highest BCUT2D eigenvalue weighted by Crippen LogP contribution is 2.32. The summed E-state index contributed by atoms with van der Waals surface area (Å²) in [6.45, 7) is 2.83. The first-order chi connectivity index (χ1) is 15.0. The number of carbonyl (C=O) groups is 1. The molecule has 2 aromatic heterocycles. The van der Waals surface area contributed by atoms with E-state index in [1.807, 2.05) is 49.0 Å². The van der Waals surface area contributed by atoms with Gasteiger partial charge < -0.3 is 9.47 Å².